The van der Waals surface area contributed by atoms with Gasteiger partial charge in [-0.15, -0.1) is 0 Å². The molecule has 0 aliphatic rings. The van der Waals surface area contributed by atoms with Crippen molar-refractivity contribution in [2.24, 2.45) is 0 Å². The summed E-state index contributed by atoms with van der Waals surface area (Å²) < 4.78 is 28.7. The zero-order valence-corrected chi connectivity index (χ0v) is 45.5. The zero-order valence-electron chi connectivity index (χ0n) is 39.7. The van der Waals surface area contributed by atoms with Gasteiger partial charge in [-0.05, 0) is 0 Å². The van der Waals surface area contributed by atoms with Crippen molar-refractivity contribution in [3.05, 3.63) is 57.6 Å². The predicted octanol–water partition coefficient (Wildman–Crippen LogP) is 17.8. The van der Waals surface area contributed by atoms with Gasteiger partial charge in [0.2, 0.25) is 0 Å². The summed E-state index contributed by atoms with van der Waals surface area (Å²) in [6.07, 6.45) is 33.6. The molecule has 2 aromatic rings. The number of hydrogen-bond acceptors (Lipinski definition) is 3. The fourth-order valence-corrected chi connectivity index (χ4v) is 49.7. The zero-order chi connectivity index (χ0) is 41.8. The molecule has 0 saturated heterocycles. The Labute approximate surface area is 366 Å². The quantitative estimate of drug-likeness (QED) is 0.0503. The maximum absolute atomic E-state index is 8.42. The van der Waals surface area contributed by atoms with Crippen molar-refractivity contribution in [1.82, 2.24) is 0 Å². The summed E-state index contributed by atoms with van der Waals surface area (Å²) in [5.41, 5.74) is 8.36. The molecular weight excluding hydrogens is 910 g/mol. The normalized spacial score (nSPS) is 12.1. The molecule has 0 fully saturated rings. The third-order valence-corrected chi connectivity index (χ3v) is 45.6. The molecule has 0 heterocycles. The first-order chi connectivity index (χ1) is 27.6. The summed E-state index contributed by atoms with van der Waals surface area (Å²) >= 11 is -7.74. The van der Waals surface area contributed by atoms with Crippen LogP contribution in [-0.2, 0) is 14.3 Å². The second kappa shape index (κ2) is 31.4. The molecule has 0 aliphatic carbocycles. The van der Waals surface area contributed by atoms with Crippen LogP contribution in [0.5, 0.6) is 11.5 Å². The van der Waals surface area contributed by atoms with E-state index in [1.165, 1.54) is 187 Å². The van der Waals surface area contributed by atoms with Crippen molar-refractivity contribution in [3.8, 4) is 11.5 Å². The Balaban J connectivity index is 2.76. The molecule has 0 radical (unpaired) electrons. The molecular formula is C52H94O3Sn2. The molecule has 0 aliphatic heterocycles. The van der Waals surface area contributed by atoms with E-state index in [-0.39, 0.29) is 0 Å². The Kier molecular flexibility index (Phi) is 29.1. The Bertz CT molecular complexity index is 1190. The molecule has 5 heteroatoms. The van der Waals surface area contributed by atoms with Gasteiger partial charge in [0.15, 0.2) is 0 Å². The second-order valence-corrected chi connectivity index (χ2v) is 39.6. The van der Waals surface area contributed by atoms with Gasteiger partial charge in [-0.2, -0.15) is 0 Å². The number of hydrogen-bond donors (Lipinski definition) is 0. The van der Waals surface area contributed by atoms with E-state index >= 15 is 0 Å². The van der Waals surface area contributed by atoms with Crippen LogP contribution in [0.2, 0.25) is 17.7 Å². The third kappa shape index (κ3) is 19.9. The van der Waals surface area contributed by atoms with Crippen LogP contribution in [0.4, 0.5) is 0 Å². The number of rotatable bonds is 36. The van der Waals surface area contributed by atoms with Crippen molar-refractivity contribution in [1.29, 1.82) is 0 Å². The summed E-state index contributed by atoms with van der Waals surface area (Å²) in [5.74, 6) is 2.24. The molecule has 0 atom stereocenters. The van der Waals surface area contributed by atoms with E-state index in [1.54, 1.807) is 0 Å². The van der Waals surface area contributed by atoms with Crippen LogP contribution in [0.25, 0.3) is 0 Å². The minimum absolute atomic E-state index is 1.06. The molecule has 3 nitrogen and oxygen atoms in total. The van der Waals surface area contributed by atoms with Gasteiger partial charge < -0.3 is 0 Å². The number of benzene rings is 2. The molecule has 328 valence electrons. The molecule has 2 aromatic carbocycles. The summed E-state index contributed by atoms with van der Waals surface area (Å²) in [7, 11) is 0. The first-order valence-corrected chi connectivity index (χ1v) is 37.6. The van der Waals surface area contributed by atoms with Crippen LogP contribution in [0, 0.1) is 27.7 Å². The van der Waals surface area contributed by atoms with Crippen LogP contribution in [-0.4, -0.2) is 38.4 Å². The maximum atomic E-state index is 8.42. The summed E-state index contributed by atoms with van der Waals surface area (Å²) in [6, 6.07) is 9.36. The summed E-state index contributed by atoms with van der Waals surface area (Å²) in [6.45, 7) is 23.2. The topological polar surface area (TPSA) is 27.7 Å². The van der Waals surface area contributed by atoms with Crippen molar-refractivity contribution in [2.75, 3.05) is 0 Å². The summed E-state index contributed by atoms with van der Waals surface area (Å²) in [5, 5.41) is 0. The van der Waals surface area contributed by atoms with Crippen molar-refractivity contribution >= 4 is 38.4 Å². The van der Waals surface area contributed by atoms with Crippen LogP contribution in [0.1, 0.15) is 229 Å². The van der Waals surface area contributed by atoms with Crippen molar-refractivity contribution in [3.63, 3.8) is 0 Å². The van der Waals surface area contributed by atoms with Crippen LogP contribution in [0.15, 0.2) is 24.3 Å². The molecule has 2 rings (SSSR count). The van der Waals surface area contributed by atoms with Crippen LogP contribution >= 0.6 is 0 Å². The van der Waals surface area contributed by atoms with Crippen molar-refractivity contribution in [2.45, 2.75) is 254 Å². The average molecular weight is 1000 g/mol. The van der Waals surface area contributed by atoms with E-state index in [1.807, 2.05) is 0 Å². The molecule has 0 saturated carbocycles. The van der Waals surface area contributed by atoms with E-state index < -0.39 is 38.4 Å². The molecule has 0 amide bonds. The molecule has 57 heavy (non-hydrogen) atoms. The van der Waals surface area contributed by atoms with E-state index in [4.69, 9.17) is 7.56 Å². The second-order valence-electron chi connectivity index (χ2n) is 17.9. The molecule has 0 spiro atoms. The van der Waals surface area contributed by atoms with Gasteiger partial charge in [0.25, 0.3) is 0 Å². The Morgan fingerprint density at radius 3 is 0.860 bits per heavy atom. The van der Waals surface area contributed by atoms with Crippen LogP contribution < -0.4 is 6.15 Å². The molecule has 0 N–H and O–H groups in total. The van der Waals surface area contributed by atoms with E-state index in [0.717, 1.165) is 42.1 Å². The van der Waals surface area contributed by atoms with Gasteiger partial charge in [-0.3, -0.25) is 0 Å². The Morgan fingerprint density at radius 1 is 0.333 bits per heavy atom. The SMILES string of the molecule is CCCCCCC[CH2][Sn]([CH2]CCCCCCC)([O]c1ccc(CC)c(C)c1C)[O][Sn]([CH2]CCCCCCC)([CH2]CCCCCCC)[O]c1ccc(CC)c(C)c1C. The predicted molar refractivity (Wildman–Crippen MR) is 257 cm³/mol. The average Bonchev–Trinajstić information content (AvgIpc) is 3.21. The van der Waals surface area contributed by atoms with Crippen molar-refractivity contribution < 1.29 is 7.56 Å². The number of unbranched alkanes of at least 4 members (excludes halogenated alkanes) is 20. The van der Waals surface area contributed by atoms with E-state index in [9.17, 15) is 0 Å². The third-order valence-electron chi connectivity index (χ3n) is 13.1. The van der Waals surface area contributed by atoms with E-state index in [0.29, 0.717) is 0 Å². The molecule has 0 bridgehead atoms. The standard InChI is InChI=1S/2C10H14O.4C8H17.O.2Sn/c2*1-4-9-5-6-10(11)8(3)7(9)2;4*1-3-5-7-8-6-4-2;;;/h2*5-6,11H,4H2,1-3H3;4*1,3-8H2,2H3;;;/q;;;;;;;2*+1/p-2. The Morgan fingerprint density at radius 2 is 0.596 bits per heavy atom. The fraction of sp³-hybridized carbons (Fsp3) is 0.769. The van der Waals surface area contributed by atoms with Gasteiger partial charge in [0, 0.05) is 0 Å². The minimum atomic E-state index is -3.87. The first-order valence-electron chi connectivity index (χ1n) is 24.9. The number of aryl methyl sites for hydroxylation is 2. The Hall–Kier alpha value is -0.403. The fourth-order valence-electron chi connectivity index (χ4n) is 8.83. The molecule has 0 unspecified atom stereocenters. The van der Waals surface area contributed by atoms with Gasteiger partial charge in [-0.1, -0.05) is 0 Å². The van der Waals surface area contributed by atoms with Gasteiger partial charge in [-0.25, -0.2) is 0 Å². The van der Waals surface area contributed by atoms with Crippen LogP contribution in [0.3, 0.4) is 0 Å². The first kappa shape index (κ1) is 52.7. The van der Waals surface area contributed by atoms with Gasteiger partial charge in [0.05, 0.1) is 0 Å². The summed E-state index contributed by atoms with van der Waals surface area (Å²) in [4.78, 5) is 0. The van der Waals surface area contributed by atoms with Gasteiger partial charge in [0.1, 0.15) is 0 Å². The monoisotopic (exact) mass is 1010 g/mol. The van der Waals surface area contributed by atoms with Gasteiger partial charge >= 0.3 is 369 Å². The molecule has 0 aromatic heterocycles. The van der Waals surface area contributed by atoms with E-state index in [2.05, 4.69) is 93.5 Å².